The average Bonchev–Trinajstić information content (AvgIpc) is 2.75. The summed E-state index contributed by atoms with van der Waals surface area (Å²) in [7, 11) is 0. The third-order valence-electron chi connectivity index (χ3n) is 6.04. The van der Waals surface area contributed by atoms with Gasteiger partial charge in [0.1, 0.15) is 5.82 Å². The molecule has 7 heteroatoms. The third-order valence-corrected chi connectivity index (χ3v) is 6.04. The van der Waals surface area contributed by atoms with Gasteiger partial charge in [0.05, 0.1) is 6.61 Å². The third kappa shape index (κ3) is 5.82. The van der Waals surface area contributed by atoms with Gasteiger partial charge in [-0.3, -0.25) is 0 Å². The maximum absolute atomic E-state index is 14.5. The number of hydrogen-bond acceptors (Lipinski definition) is 1. The van der Waals surface area contributed by atoms with Crippen LogP contribution in [-0.4, -0.2) is 6.11 Å². The maximum Gasteiger partial charge on any atom is 0.391 e. The zero-order chi connectivity index (χ0) is 22.6. The van der Waals surface area contributed by atoms with Gasteiger partial charge in [-0.2, -0.15) is 8.78 Å². The number of rotatable bonds is 8. The Kier molecular flexibility index (Phi) is 7.68. The molecule has 1 nitrogen and oxygen atoms in total. The molecule has 1 aliphatic rings. The molecule has 0 aromatic heterocycles. The zero-order valence-corrected chi connectivity index (χ0v) is 17.3. The van der Waals surface area contributed by atoms with E-state index in [0.717, 1.165) is 37.7 Å². The van der Waals surface area contributed by atoms with E-state index in [9.17, 15) is 26.3 Å². The first kappa shape index (κ1) is 23.6. The van der Waals surface area contributed by atoms with Crippen LogP contribution in [0.4, 0.5) is 26.3 Å². The summed E-state index contributed by atoms with van der Waals surface area (Å²) in [6.45, 7) is 1.31. The highest BCUT2D eigenvalue weighted by atomic mass is 19.3. The first-order valence-corrected chi connectivity index (χ1v) is 10.6. The van der Waals surface area contributed by atoms with Crippen LogP contribution in [0.1, 0.15) is 74.2 Å². The summed E-state index contributed by atoms with van der Waals surface area (Å²) in [6.07, 6.45) is -0.884. The van der Waals surface area contributed by atoms with Crippen molar-refractivity contribution in [3.05, 3.63) is 70.5 Å². The zero-order valence-electron chi connectivity index (χ0n) is 17.3. The average molecular weight is 444 g/mol. The predicted molar refractivity (Wildman–Crippen MR) is 106 cm³/mol. The minimum absolute atomic E-state index is 0.124. The topological polar surface area (TPSA) is 9.23 Å². The van der Waals surface area contributed by atoms with E-state index in [4.69, 9.17) is 0 Å². The molecule has 1 unspecified atom stereocenters. The highest BCUT2D eigenvalue weighted by Crippen LogP contribution is 2.39. The van der Waals surface area contributed by atoms with Gasteiger partial charge in [0.25, 0.3) is 0 Å². The highest BCUT2D eigenvalue weighted by Gasteiger charge is 2.43. The van der Waals surface area contributed by atoms with Crippen LogP contribution in [0.3, 0.4) is 0 Å². The standard InChI is InChI=1S/C24H26F6O/c1-2-3-15-4-6-16(7-5-15)17-8-9-19(21(26)12-17)14-31-24(29,30)23(28)18-10-11-20(25)22(27)13-18/h8-13,15-16,23H,2-7,14H2,1H3. The number of benzene rings is 2. The van der Waals surface area contributed by atoms with Crippen molar-refractivity contribution in [3.63, 3.8) is 0 Å². The minimum Gasteiger partial charge on any atom is -0.313 e. The Morgan fingerprint density at radius 3 is 2.26 bits per heavy atom. The summed E-state index contributed by atoms with van der Waals surface area (Å²) in [5, 5.41) is 0. The van der Waals surface area contributed by atoms with E-state index < -0.39 is 41.9 Å². The van der Waals surface area contributed by atoms with Gasteiger partial charge in [0.15, 0.2) is 11.6 Å². The second-order valence-electron chi connectivity index (χ2n) is 8.24. The van der Waals surface area contributed by atoms with Crippen LogP contribution in [-0.2, 0) is 11.3 Å². The van der Waals surface area contributed by atoms with E-state index >= 15 is 0 Å². The van der Waals surface area contributed by atoms with Crippen LogP contribution in [0.15, 0.2) is 36.4 Å². The van der Waals surface area contributed by atoms with Gasteiger partial charge in [-0.05, 0) is 66.8 Å². The monoisotopic (exact) mass is 444 g/mol. The number of alkyl halides is 3. The summed E-state index contributed by atoms with van der Waals surface area (Å²) in [5.74, 6) is -2.46. The fraction of sp³-hybridized carbons (Fsp3) is 0.500. The molecular weight excluding hydrogens is 418 g/mol. The van der Waals surface area contributed by atoms with E-state index in [1.54, 1.807) is 6.07 Å². The molecule has 2 aromatic rings. The fourth-order valence-electron chi connectivity index (χ4n) is 4.24. The van der Waals surface area contributed by atoms with E-state index in [-0.39, 0.29) is 11.5 Å². The van der Waals surface area contributed by atoms with Crippen molar-refractivity contribution < 1.29 is 31.1 Å². The molecule has 3 rings (SSSR count). The second-order valence-corrected chi connectivity index (χ2v) is 8.24. The fourth-order valence-corrected chi connectivity index (χ4v) is 4.24. The molecule has 1 atom stereocenters. The van der Waals surface area contributed by atoms with E-state index in [2.05, 4.69) is 11.7 Å². The SMILES string of the molecule is CCCC1CCC(c2ccc(COC(F)(F)C(F)c3ccc(F)c(F)c3)c(F)c2)CC1. The summed E-state index contributed by atoms with van der Waals surface area (Å²) in [6, 6.07) is 6.04. The van der Waals surface area contributed by atoms with E-state index in [0.29, 0.717) is 24.1 Å². The van der Waals surface area contributed by atoms with E-state index in [1.165, 1.54) is 18.6 Å². The van der Waals surface area contributed by atoms with Gasteiger partial charge < -0.3 is 4.74 Å². The van der Waals surface area contributed by atoms with Gasteiger partial charge in [-0.1, -0.05) is 38.0 Å². The Balaban J connectivity index is 1.61. The molecule has 0 aliphatic heterocycles. The summed E-state index contributed by atoms with van der Waals surface area (Å²) >= 11 is 0. The molecule has 1 fully saturated rings. The molecule has 0 amide bonds. The lowest BCUT2D eigenvalue weighted by Crippen LogP contribution is -2.27. The van der Waals surface area contributed by atoms with Crippen molar-refractivity contribution in [2.75, 3.05) is 0 Å². The van der Waals surface area contributed by atoms with Crippen LogP contribution in [0.2, 0.25) is 0 Å². The molecule has 1 aliphatic carbocycles. The normalized spacial score (nSPS) is 20.6. The lowest BCUT2D eigenvalue weighted by atomic mass is 9.77. The highest BCUT2D eigenvalue weighted by molar-refractivity contribution is 5.27. The first-order chi connectivity index (χ1) is 14.7. The Bertz CT molecular complexity index is 876. The van der Waals surface area contributed by atoms with Gasteiger partial charge >= 0.3 is 6.11 Å². The van der Waals surface area contributed by atoms with Crippen molar-refractivity contribution in [1.29, 1.82) is 0 Å². The van der Waals surface area contributed by atoms with Crippen molar-refractivity contribution in [2.45, 2.75) is 70.3 Å². The molecule has 0 radical (unpaired) electrons. The molecule has 0 bridgehead atoms. The minimum atomic E-state index is -4.34. The van der Waals surface area contributed by atoms with Crippen LogP contribution >= 0.6 is 0 Å². The smallest absolute Gasteiger partial charge is 0.313 e. The molecule has 0 saturated heterocycles. The maximum atomic E-state index is 14.5. The lowest BCUT2D eigenvalue weighted by molar-refractivity contribution is -0.282. The molecule has 0 N–H and O–H groups in total. The van der Waals surface area contributed by atoms with Crippen LogP contribution in [0.5, 0.6) is 0 Å². The van der Waals surface area contributed by atoms with Crippen LogP contribution in [0, 0.1) is 23.4 Å². The van der Waals surface area contributed by atoms with Gasteiger partial charge in [0, 0.05) is 5.56 Å². The summed E-state index contributed by atoms with van der Waals surface area (Å²) < 4.78 is 87.3. The van der Waals surface area contributed by atoms with Crippen LogP contribution in [0.25, 0.3) is 0 Å². The van der Waals surface area contributed by atoms with E-state index in [1.807, 2.05) is 0 Å². The Morgan fingerprint density at radius 1 is 0.935 bits per heavy atom. The molecule has 0 heterocycles. The van der Waals surface area contributed by atoms with Crippen LogP contribution < -0.4 is 0 Å². The molecule has 0 spiro atoms. The molecule has 31 heavy (non-hydrogen) atoms. The molecule has 170 valence electrons. The van der Waals surface area contributed by atoms with Gasteiger partial charge in [-0.15, -0.1) is 0 Å². The van der Waals surface area contributed by atoms with Gasteiger partial charge in [-0.25, -0.2) is 17.6 Å². The van der Waals surface area contributed by atoms with Crippen molar-refractivity contribution >= 4 is 0 Å². The van der Waals surface area contributed by atoms with Crippen molar-refractivity contribution in [1.82, 2.24) is 0 Å². The molecule has 2 aromatic carbocycles. The van der Waals surface area contributed by atoms with Crippen molar-refractivity contribution in [2.24, 2.45) is 5.92 Å². The molecular formula is C24H26F6O. The summed E-state index contributed by atoms with van der Waals surface area (Å²) in [5.41, 5.74) is -0.0629. The lowest BCUT2D eigenvalue weighted by Gasteiger charge is -2.28. The number of hydrogen-bond donors (Lipinski definition) is 0. The first-order valence-electron chi connectivity index (χ1n) is 10.6. The Hall–Kier alpha value is -2.02. The quantitative estimate of drug-likeness (QED) is 0.375. The Labute approximate surface area is 178 Å². The van der Waals surface area contributed by atoms with Gasteiger partial charge in [0.2, 0.25) is 6.17 Å². The summed E-state index contributed by atoms with van der Waals surface area (Å²) in [4.78, 5) is 0. The molecule has 1 saturated carbocycles. The van der Waals surface area contributed by atoms with Crippen molar-refractivity contribution in [3.8, 4) is 0 Å². The number of ether oxygens (including phenoxy) is 1. The largest absolute Gasteiger partial charge is 0.391 e. The Morgan fingerprint density at radius 2 is 1.65 bits per heavy atom. The number of halogens is 6. The predicted octanol–water partition coefficient (Wildman–Crippen LogP) is 8.00. The second kappa shape index (κ2) is 10.1.